The number of nitrogens with one attached hydrogen (secondary N) is 2. The van der Waals surface area contributed by atoms with Crippen LogP contribution in [0.5, 0.6) is 11.5 Å². The smallest absolute Gasteiger partial charge is 0.219 e. The van der Waals surface area contributed by atoms with Crippen molar-refractivity contribution < 1.29 is 18.9 Å². The Morgan fingerprint density at radius 3 is 2.80 bits per heavy atom. The van der Waals surface area contributed by atoms with Gasteiger partial charge in [0.15, 0.2) is 5.78 Å². The third-order valence-electron chi connectivity index (χ3n) is 4.53. The highest BCUT2D eigenvalue weighted by Crippen LogP contribution is 2.42. The summed E-state index contributed by atoms with van der Waals surface area (Å²) in [7, 11) is 3.20. The molecule has 1 unspecified atom stereocenters. The van der Waals surface area contributed by atoms with E-state index in [2.05, 4.69) is 20.9 Å². The minimum absolute atomic E-state index is 0.0956. The molecule has 2 N–H and O–H groups in total. The number of Topliss-reactive ketones (excluding diaryl/α,β-unsaturated/α-hetero) is 1. The van der Waals surface area contributed by atoms with Crippen LogP contribution in [-0.2, 0) is 4.79 Å². The fraction of sp³-hybridized carbons (Fsp3) is 0.353. The van der Waals surface area contributed by atoms with Crippen molar-refractivity contribution in [1.29, 1.82) is 0 Å². The van der Waals surface area contributed by atoms with Gasteiger partial charge >= 0.3 is 0 Å². The molecule has 0 amide bonds. The number of anilines is 2. The quantitative estimate of drug-likeness (QED) is 0.878. The minimum atomic E-state index is -0.437. The molecular formula is C17H18N4O4. The molecule has 2 aliphatic rings. The van der Waals surface area contributed by atoms with E-state index in [0.717, 1.165) is 24.1 Å². The van der Waals surface area contributed by atoms with Crippen molar-refractivity contribution in [2.75, 3.05) is 24.9 Å². The van der Waals surface area contributed by atoms with Crippen molar-refractivity contribution >= 4 is 17.4 Å². The molecule has 1 aromatic carbocycles. The zero-order valence-electron chi connectivity index (χ0n) is 14.0. The number of fused-ring (bicyclic) bond motifs is 1. The van der Waals surface area contributed by atoms with Gasteiger partial charge in [0.25, 0.3) is 0 Å². The lowest BCUT2D eigenvalue weighted by Gasteiger charge is -2.26. The minimum Gasteiger partial charge on any atom is -0.497 e. The molecule has 25 heavy (non-hydrogen) atoms. The largest absolute Gasteiger partial charge is 0.497 e. The molecule has 0 spiro atoms. The van der Waals surface area contributed by atoms with Gasteiger partial charge in [-0.2, -0.15) is 0 Å². The van der Waals surface area contributed by atoms with Crippen molar-refractivity contribution in [2.45, 2.75) is 25.3 Å². The Balaban J connectivity index is 1.90. The van der Waals surface area contributed by atoms with Gasteiger partial charge in [-0.15, -0.1) is 0 Å². The molecule has 2 heterocycles. The number of allylic oxidation sites excluding steroid dienone is 1. The van der Waals surface area contributed by atoms with Crippen LogP contribution in [0.25, 0.3) is 0 Å². The van der Waals surface area contributed by atoms with Crippen LogP contribution >= 0.6 is 0 Å². The number of rotatable bonds is 3. The summed E-state index contributed by atoms with van der Waals surface area (Å²) in [6.07, 6.45) is 2.07. The summed E-state index contributed by atoms with van der Waals surface area (Å²) in [4.78, 5) is 12.7. The second-order valence-corrected chi connectivity index (χ2v) is 5.94. The molecule has 0 radical (unpaired) electrons. The third-order valence-corrected chi connectivity index (χ3v) is 4.53. The van der Waals surface area contributed by atoms with Gasteiger partial charge in [0.1, 0.15) is 11.5 Å². The molecule has 0 fully saturated rings. The zero-order valence-corrected chi connectivity index (χ0v) is 14.0. The average molecular weight is 342 g/mol. The van der Waals surface area contributed by atoms with Crippen molar-refractivity contribution in [2.24, 2.45) is 0 Å². The molecule has 2 aromatic rings. The van der Waals surface area contributed by atoms with Gasteiger partial charge in [-0.05, 0) is 41.4 Å². The molecule has 1 atom stereocenters. The topological polar surface area (TPSA) is 98.5 Å². The van der Waals surface area contributed by atoms with Crippen molar-refractivity contribution in [3.63, 3.8) is 0 Å². The van der Waals surface area contributed by atoms with E-state index in [1.165, 1.54) is 0 Å². The summed E-state index contributed by atoms with van der Waals surface area (Å²) >= 11 is 0. The summed E-state index contributed by atoms with van der Waals surface area (Å²) in [5.41, 5.74) is 2.31. The molecule has 8 heteroatoms. The molecule has 130 valence electrons. The van der Waals surface area contributed by atoms with Crippen LogP contribution in [0.2, 0.25) is 0 Å². The second kappa shape index (κ2) is 6.12. The lowest BCUT2D eigenvalue weighted by atomic mass is 9.86. The summed E-state index contributed by atoms with van der Waals surface area (Å²) in [6.45, 7) is 0. The van der Waals surface area contributed by atoms with E-state index >= 15 is 0 Å². The van der Waals surface area contributed by atoms with Crippen molar-refractivity contribution in [3.05, 3.63) is 35.0 Å². The summed E-state index contributed by atoms with van der Waals surface area (Å²) in [5, 5.41) is 14.2. The lowest BCUT2D eigenvalue weighted by molar-refractivity contribution is -0.116. The summed E-state index contributed by atoms with van der Waals surface area (Å²) in [5.74, 6) is 2.36. The first-order valence-electron chi connectivity index (χ1n) is 8.05. The van der Waals surface area contributed by atoms with E-state index in [1.54, 1.807) is 14.2 Å². The Morgan fingerprint density at radius 2 is 2.00 bits per heavy atom. The number of benzene rings is 1. The molecule has 1 aliphatic carbocycles. The number of nitrogens with zero attached hydrogens (tertiary/aromatic N) is 2. The molecule has 0 bridgehead atoms. The molecule has 1 aromatic heterocycles. The van der Waals surface area contributed by atoms with Crippen molar-refractivity contribution in [3.8, 4) is 11.5 Å². The van der Waals surface area contributed by atoms with Gasteiger partial charge in [0, 0.05) is 23.3 Å². The molecule has 8 nitrogen and oxygen atoms in total. The van der Waals surface area contributed by atoms with Crippen LogP contribution in [0.3, 0.4) is 0 Å². The van der Waals surface area contributed by atoms with Crippen LogP contribution in [0.4, 0.5) is 11.6 Å². The standard InChI is InChI=1S/C17H18N4O4/c1-23-9-6-7-13(24-2)10(8-9)15-14-11(4-3-5-12(14)22)18-16-17(19-15)21-25-20-16/h6-8,15H,3-5H2,1-2H3,(H,18,20)(H,19,21). The van der Waals surface area contributed by atoms with E-state index in [1.807, 2.05) is 18.2 Å². The number of hydrogen-bond acceptors (Lipinski definition) is 8. The molecule has 4 rings (SSSR count). The monoisotopic (exact) mass is 342 g/mol. The zero-order chi connectivity index (χ0) is 17.4. The molecule has 0 saturated carbocycles. The Kier molecular flexibility index (Phi) is 3.79. The predicted molar refractivity (Wildman–Crippen MR) is 89.7 cm³/mol. The molecular weight excluding hydrogens is 324 g/mol. The molecule has 0 saturated heterocycles. The van der Waals surface area contributed by atoms with Gasteiger partial charge < -0.3 is 20.1 Å². The first-order valence-corrected chi connectivity index (χ1v) is 8.05. The van der Waals surface area contributed by atoms with Crippen LogP contribution < -0.4 is 20.1 Å². The van der Waals surface area contributed by atoms with Crippen LogP contribution in [0, 0.1) is 0 Å². The van der Waals surface area contributed by atoms with E-state index in [-0.39, 0.29) is 5.78 Å². The third kappa shape index (κ3) is 2.59. The Morgan fingerprint density at radius 1 is 1.16 bits per heavy atom. The average Bonchev–Trinajstić information content (AvgIpc) is 3.00. The molecule has 1 aliphatic heterocycles. The highest BCUT2D eigenvalue weighted by Gasteiger charge is 2.35. The highest BCUT2D eigenvalue weighted by molar-refractivity contribution is 6.00. The van der Waals surface area contributed by atoms with E-state index < -0.39 is 6.04 Å². The van der Waals surface area contributed by atoms with E-state index in [0.29, 0.717) is 35.1 Å². The number of carbonyl (C=O) groups is 1. The number of methoxy groups -OCH3 is 2. The van der Waals surface area contributed by atoms with Crippen LogP contribution in [-0.4, -0.2) is 30.3 Å². The highest BCUT2D eigenvalue weighted by atomic mass is 16.6. The maximum atomic E-state index is 12.7. The Labute approximate surface area is 144 Å². The summed E-state index contributed by atoms with van der Waals surface area (Å²) in [6, 6.07) is 5.07. The van der Waals surface area contributed by atoms with Gasteiger partial charge in [-0.3, -0.25) is 4.79 Å². The summed E-state index contributed by atoms with van der Waals surface area (Å²) < 4.78 is 15.7. The second-order valence-electron chi connectivity index (χ2n) is 5.94. The first-order chi connectivity index (χ1) is 12.2. The number of carbonyl (C=O) groups excluding carboxylic acids is 1. The number of ether oxygens (including phenoxy) is 2. The number of hydrogen-bond donors (Lipinski definition) is 2. The van der Waals surface area contributed by atoms with E-state index in [9.17, 15) is 4.79 Å². The van der Waals surface area contributed by atoms with E-state index in [4.69, 9.17) is 14.1 Å². The first kappa shape index (κ1) is 15.5. The van der Waals surface area contributed by atoms with Crippen molar-refractivity contribution in [1.82, 2.24) is 10.3 Å². The van der Waals surface area contributed by atoms with Gasteiger partial charge in [-0.25, -0.2) is 4.63 Å². The fourth-order valence-corrected chi connectivity index (χ4v) is 3.34. The maximum absolute atomic E-state index is 12.7. The van der Waals surface area contributed by atoms with Crippen LogP contribution in [0.15, 0.2) is 34.1 Å². The Hall–Kier alpha value is -3.03. The fourth-order valence-electron chi connectivity index (χ4n) is 3.34. The number of aromatic nitrogens is 2. The van der Waals surface area contributed by atoms with Gasteiger partial charge in [0.05, 0.1) is 20.3 Å². The number of ketones is 1. The lowest BCUT2D eigenvalue weighted by Crippen LogP contribution is -2.24. The Bertz CT molecular complexity index is 858. The van der Waals surface area contributed by atoms with Gasteiger partial charge in [-0.1, -0.05) is 0 Å². The van der Waals surface area contributed by atoms with Gasteiger partial charge in [0.2, 0.25) is 11.6 Å². The SMILES string of the molecule is COc1ccc(OC)c(C2Nc3nonc3NC3=C2C(=O)CCC3)c1. The normalized spacial score (nSPS) is 19.3. The predicted octanol–water partition coefficient (Wildman–Crippen LogP) is 2.67. The maximum Gasteiger partial charge on any atom is 0.219 e. The van der Waals surface area contributed by atoms with Crippen LogP contribution in [0.1, 0.15) is 30.9 Å².